The van der Waals surface area contributed by atoms with Gasteiger partial charge in [-0.25, -0.2) is 0 Å². The van der Waals surface area contributed by atoms with E-state index in [1.807, 2.05) is 0 Å². The van der Waals surface area contributed by atoms with Gasteiger partial charge in [0.2, 0.25) is 0 Å². The van der Waals surface area contributed by atoms with Crippen molar-refractivity contribution in [3.63, 3.8) is 0 Å². The summed E-state index contributed by atoms with van der Waals surface area (Å²) in [7, 11) is 0. The molecule has 0 aliphatic carbocycles. The molecule has 0 bridgehead atoms. The maximum atomic E-state index is 2.25. The second kappa shape index (κ2) is 57.5. The maximum absolute atomic E-state index is 2.25. The van der Waals surface area contributed by atoms with Gasteiger partial charge in [0.1, 0.15) is 0 Å². The van der Waals surface area contributed by atoms with Crippen LogP contribution >= 0.6 is 0 Å². The zero-order valence-corrected chi connectivity index (χ0v) is 20.8. The predicted molar refractivity (Wildman–Crippen MR) is 105 cm³/mol. The Kier molecular flexibility index (Phi) is 100. The molecule has 2 heteroatoms. The smallest absolute Gasteiger partial charge is 0.344 e. The molecule has 0 aromatic heterocycles. The van der Waals surface area contributed by atoms with Crippen LogP contribution in [0.15, 0.2) is 0 Å². The molecule has 0 fully saturated rings. The summed E-state index contributed by atoms with van der Waals surface area (Å²) < 4.78 is 0. The SMILES string of the molecule is CC[CH-]CC.CC[CH-]CC.CC[CH-]CC.CC[CH-]CC.N.[Hf+4]. The van der Waals surface area contributed by atoms with Crippen molar-refractivity contribution in [2.75, 3.05) is 0 Å². The second-order valence-corrected chi connectivity index (χ2v) is 4.42. The van der Waals surface area contributed by atoms with Crippen LogP contribution in [0.3, 0.4) is 0 Å². The Morgan fingerprint density at radius 3 is 0.455 bits per heavy atom. The van der Waals surface area contributed by atoms with Crippen LogP contribution in [0, 0.1) is 25.7 Å². The maximum Gasteiger partial charge on any atom is 4.00 e. The largest absolute Gasteiger partial charge is 4.00 e. The zero-order chi connectivity index (χ0) is 16.5. The van der Waals surface area contributed by atoms with E-state index in [1.54, 1.807) is 0 Å². The summed E-state index contributed by atoms with van der Waals surface area (Å²) in [6.45, 7) is 17.2. The van der Waals surface area contributed by atoms with Crippen molar-refractivity contribution in [2.45, 2.75) is 107 Å². The van der Waals surface area contributed by atoms with E-state index in [4.69, 9.17) is 0 Å². The van der Waals surface area contributed by atoms with Gasteiger partial charge in [-0.3, -0.25) is 0 Å². The molecule has 0 saturated carbocycles. The molecule has 0 aromatic rings. The van der Waals surface area contributed by atoms with E-state index >= 15 is 0 Å². The number of hydrogen-bond donors (Lipinski definition) is 1. The molecule has 0 atom stereocenters. The molecule has 22 heavy (non-hydrogen) atoms. The van der Waals surface area contributed by atoms with Gasteiger partial charge in [-0.05, 0) is 0 Å². The molecule has 1 nitrogen and oxygen atoms in total. The van der Waals surface area contributed by atoms with E-state index in [-0.39, 0.29) is 32.0 Å². The standard InChI is InChI=1S/4C5H11.Hf.H3N/c4*1-3-5-4-2;;/h4*5H,3-4H2,1-2H3;;1H3/q4*-1;+4;. The van der Waals surface area contributed by atoms with Gasteiger partial charge in [-0.2, -0.15) is 51.4 Å². The van der Waals surface area contributed by atoms with E-state index in [9.17, 15) is 0 Å². The summed E-state index contributed by atoms with van der Waals surface area (Å²) in [6, 6.07) is 0. The van der Waals surface area contributed by atoms with E-state index < -0.39 is 0 Å². The van der Waals surface area contributed by atoms with E-state index in [1.165, 1.54) is 51.4 Å². The summed E-state index contributed by atoms with van der Waals surface area (Å²) in [4.78, 5) is 0. The number of rotatable bonds is 8. The van der Waals surface area contributed by atoms with Crippen LogP contribution in [0.2, 0.25) is 0 Å². The van der Waals surface area contributed by atoms with Gasteiger partial charge in [-0.1, -0.05) is 55.4 Å². The Morgan fingerprint density at radius 1 is 0.364 bits per heavy atom. The molecule has 0 aromatic carbocycles. The van der Waals surface area contributed by atoms with Crippen LogP contribution < -0.4 is 6.15 Å². The van der Waals surface area contributed by atoms with E-state index in [0.717, 1.165) is 0 Å². The Bertz CT molecular complexity index is 65.7. The van der Waals surface area contributed by atoms with Gasteiger partial charge < -0.3 is 31.8 Å². The van der Waals surface area contributed by atoms with Gasteiger partial charge in [0.05, 0.1) is 0 Å². The number of unbranched alkanes of at least 4 members (excludes halogenated alkanes) is 8. The topological polar surface area (TPSA) is 35.0 Å². The first-order valence-corrected chi connectivity index (χ1v) is 8.92. The van der Waals surface area contributed by atoms with Gasteiger partial charge in [0.25, 0.3) is 0 Å². The van der Waals surface area contributed by atoms with Gasteiger partial charge in [0, 0.05) is 0 Å². The molecule has 0 radical (unpaired) electrons. The van der Waals surface area contributed by atoms with Crippen LogP contribution in [0.1, 0.15) is 107 Å². The Morgan fingerprint density at radius 2 is 0.455 bits per heavy atom. The molecule has 0 amide bonds. The van der Waals surface area contributed by atoms with Gasteiger partial charge in [0.15, 0.2) is 0 Å². The second-order valence-electron chi connectivity index (χ2n) is 4.42. The van der Waals surface area contributed by atoms with Crippen molar-refractivity contribution in [3.8, 4) is 0 Å². The van der Waals surface area contributed by atoms with Gasteiger partial charge in [-0.15, -0.1) is 0 Å². The summed E-state index contributed by atoms with van der Waals surface area (Å²) in [5.41, 5.74) is 0. The fourth-order valence-corrected chi connectivity index (χ4v) is 1.15. The van der Waals surface area contributed by atoms with Crippen LogP contribution in [-0.4, -0.2) is 0 Å². The molecule has 0 rings (SSSR count). The van der Waals surface area contributed by atoms with Crippen molar-refractivity contribution >= 4 is 0 Å². The Labute approximate surface area is 164 Å². The summed E-state index contributed by atoms with van der Waals surface area (Å²) in [6.07, 6.45) is 18.8. The summed E-state index contributed by atoms with van der Waals surface area (Å²) in [5, 5.41) is 0. The van der Waals surface area contributed by atoms with E-state index in [2.05, 4.69) is 81.1 Å². The monoisotopic (exact) mass is 481 g/mol. The summed E-state index contributed by atoms with van der Waals surface area (Å²) in [5.74, 6) is 0. The molecule has 0 heterocycles. The molecular weight excluding hydrogens is 433 g/mol. The first kappa shape index (κ1) is 38.4. The quantitative estimate of drug-likeness (QED) is 0.276. The molecule has 0 saturated heterocycles. The third-order valence-electron chi connectivity index (χ3n) is 2.31. The van der Waals surface area contributed by atoms with E-state index in [0.29, 0.717) is 0 Å². The van der Waals surface area contributed by atoms with Crippen molar-refractivity contribution in [1.82, 2.24) is 6.15 Å². The first-order valence-electron chi connectivity index (χ1n) is 8.92. The van der Waals surface area contributed by atoms with Crippen LogP contribution in [0.25, 0.3) is 0 Å². The molecule has 0 aliphatic rings. The zero-order valence-electron chi connectivity index (χ0n) is 17.2. The number of hydrogen-bond acceptors (Lipinski definition) is 1. The van der Waals surface area contributed by atoms with Crippen LogP contribution in [0.5, 0.6) is 0 Å². The van der Waals surface area contributed by atoms with Crippen LogP contribution in [0.4, 0.5) is 0 Å². The third-order valence-corrected chi connectivity index (χ3v) is 2.31. The Hall–Kier alpha value is 0.830. The minimum Gasteiger partial charge on any atom is -0.344 e. The molecular formula is C20H47HfN. The minimum atomic E-state index is 0. The molecule has 0 aliphatic heterocycles. The van der Waals surface area contributed by atoms with Crippen molar-refractivity contribution < 1.29 is 25.8 Å². The predicted octanol–water partition coefficient (Wildman–Crippen LogP) is 8.20. The van der Waals surface area contributed by atoms with Crippen molar-refractivity contribution in [3.05, 3.63) is 25.7 Å². The van der Waals surface area contributed by atoms with Crippen LogP contribution in [-0.2, 0) is 25.8 Å². The van der Waals surface area contributed by atoms with Gasteiger partial charge >= 0.3 is 25.8 Å². The third kappa shape index (κ3) is 105. The normalized spacial score (nSPS) is 7.64. The Balaban J connectivity index is -0.0000000376. The molecule has 3 N–H and O–H groups in total. The fourth-order valence-electron chi connectivity index (χ4n) is 1.15. The molecule has 0 spiro atoms. The average molecular weight is 480 g/mol. The minimum absolute atomic E-state index is 0. The molecule has 136 valence electrons. The molecule has 0 unspecified atom stereocenters. The average Bonchev–Trinajstić information content (AvgIpc) is 2.44. The van der Waals surface area contributed by atoms with Crippen molar-refractivity contribution in [2.24, 2.45) is 0 Å². The fraction of sp³-hybridized carbons (Fsp3) is 0.800. The van der Waals surface area contributed by atoms with Crippen molar-refractivity contribution in [1.29, 1.82) is 0 Å². The summed E-state index contributed by atoms with van der Waals surface area (Å²) >= 11 is 0. The first-order chi connectivity index (χ1) is 9.66.